The average molecular weight is 437 g/mol. The third kappa shape index (κ3) is 5.17. The SMILES string of the molecule is Br.CCc1ccc(N(CC(=O)c2ccc(F)cc2)C2=NCCCS2)cc1. The largest absolute Gasteiger partial charge is 0.313 e. The molecule has 3 rings (SSSR count). The van der Waals surface area contributed by atoms with Gasteiger partial charge in [-0.05, 0) is 54.8 Å². The molecule has 0 bridgehead atoms. The van der Waals surface area contributed by atoms with Crippen molar-refractivity contribution in [3.63, 3.8) is 0 Å². The van der Waals surface area contributed by atoms with Crippen LogP contribution < -0.4 is 4.90 Å². The summed E-state index contributed by atoms with van der Waals surface area (Å²) in [7, 11) is 0. The molecule has 3 nitrogen and oxygen atoms in total. The summed E-state index contributed by atoms with van der Waals surface area (Å²) < 4.78 is 13.1. The summed E-state index contributed by atoms with van der Waals surface area (Å²) in [5.41, 5.74) is 2.73. The highest BCUT2D eigenvalue weighted by Crippen LogP contribution is 2.24. The molecule has 0 fully saturated rings. The maximum absolute atomic E-state index is 13.1. The van der Waals surface area contributed by atoms with Crippen LogP contribution in [0.1, 0.15) is 29.3 Å². The summed E-state index contributed by atoms with van der Waals surface area (Å²) in [4.78, 5) is 19.2. The summed E-state index contributed by atoms with van der Waals surface area (Å²) in [5, 5.41) is 0.881. The Morgan fingerprint density at radius 1 is 1.15 bits per heavy atom. The smallest absolute Gasteiger partial charge is 0.182 e. The number of carbonyl (C=O) groups excluding carboxylic acids is 1. The van der Waals surface area contributed by atoms with Gasteiger partial charge >= 0.3 is 0 Å². The number of aryl methyl sites for hydroxylation is 1. The van der Waals surface area contributed by atoms with Crippen LogP contribution in [0.5, 0.6) is 0 Å². The predicted molar refractivity (Wildman–Crippen MR) is 114 cm³/mol. The standard InChI is InChI=1S/C20H21FN2OS.BrH/c1-2-15-4-10-18(11-5-15)23(20-22-12-3-13-25-20)14-19(24)16-6-8-17(21)9-7-16;/h4-11H,2-3,12-14H2,1H3;1H. The van der Waals surface area contributed by atoms with Crippen molar-refractivity contribution in [1.82, 2.24) is 0 Å². The van der Waals surface area contributed by atoms with E-state index in [9.17, 15) is 9.18 Å². The number of nitrogens with zero attached hydrogens (tertiary/aromatic N) is 2. The molecule has 2 aromatic rings. The van der Waals surface area contributed by atoms with E-state index < -0.39 is 0 Å². The zero-order valence-corrected chi connectivity index (χ0v) is 17.2. The molecule has 0 saturated heterocycles. The number of carbonyl (C=O) groups is 1. The molecule has 2 aromatic carbocycles. The maximum atomic E-state index is 13.1. The van der Waals surface area contributed by atoms with E-state index in [4.69, 9.17) is 0 Å². The van der Waals surface area contributed by atoms with E-state index in [1.54, 1.807) is 11.8 Å². The van der Waals surface area contributed by atoms with Gasteiger partial charge in [0.15, 0.2) is 11.0 Å². The van der Waals surface area contributed by atoms with Gasteiger partial charge in [-0.15, -0.1) is 17.0 Å². The van der Waals surface area contributed by atoms with Crippen molar-refractivity contribution in [1.29, 1.82) is 0 Å². The fourth-order valence-electron chi connectivity index (χ4n) is 2.66. The van der Waals surface area contributed by atoms with Gasteiger partial charge < -0.3 is 4.90 Å². The molecule has 0 unspecified atom stereocenters. The number of anilines is 1. The average Bonchev–Trinajstić information content (AvgIpc) is 2.67. The molecule has 0 aliphatic carbocycles. The molecule has 1 aliphatic heterocycles. The van der Waals surface area contributed by atoms with Crippen molar-refractivity contribution in [3.8, 4) is 0 Å². The number of hydrogen-bond donors (Lipinski definition) is 0. The normalized spacial score (nSPS) is 13.5. The van der Waals surface area contributed by atoms with Gasteiger partial charge in [-0.2, -0.15) is 0 Å². The topological polar surface area (TPSA) is 32.7 Å². The second-order valence-electron chi connectivity index (χ2n) is 5.90. The van der Waals surface area contributed by atoms with Crippen molar-refractivity contribution >= 4 is 45.4 Å². The lowest BCUT2D eigenvalue weighted by Gasteiger charge is -2.27. The third-order valence-electron chi connectivity index (χ3n) is 4.14. The molecule has 6 heteroatoms. The molecule has 1 heterocycles. The van der Waals surface area contributed by atoms with Crippen molar-refractivity contribution in [2.45, 2.75) is 19.8 Å². The number of aliphatic imine (C=N–C) groups is 1. The van der Waals surface area contributed by atoms with Crippen LogP contribution in [0.25, 0.3) is 0 Å². The minimum Gasteiger partial charge on any atom is -0.313 e. The van der Waals surface area contributed by atoms with E-state index in [1.807, 2.05) is 17.0 Å². The van der Waals surface area contributed by atoms with E-state index in [-0.39, 0.29) is 35.1 Å². The Labute approximate surface area is 168 Å². The molecule has 0 atom stereocenters. The van der Waals surface area contributed by atoms with Crippen LogP contribution >= 0.6 is 28.7 Å². The Bertz CT molecular complexity index is 762. The molecule has 0 amide bonds. The fraction of sp³-hybridized carbons (Fsp3) is 0.300. The van der Waals surface area contributed by atoms with Crippen LogP contribution in [0.15, 0.2) is 53.5 Å². The molecule has 0 radical (unpaired) electrons. The first-order valence-corrected chi connectivity index (χ1v) is 9.48. The molecule has 0 spiro atoms. The minimum absolute atomic E-state index is 0. The number of hydrogen-bond acceptors (Lipinski definition) is 4. The molecule has 0 saturated carbocycles. The van der Waals surface area contributed by atoms with Crippen LogP contribution in [-0.4, -0.2) is 29.8 Å². The Kier molecular flexibility index (Phi) is 7.85. The Balaban J connectivity index is 0.00000243. The summed E-state index contributed by atoms with van der Waals surface area (Å²) in [5.74, 6) is 0.622. The van der Waals surface area contributed by atoms with E-state index in [1.165, 1.54) is 29.8 Å². The zero-order chi connectivity index (χ0) is 17.6. The second kappa shape index (κ2) is 9.88. The minimum atomic E-state index is -0.337. The van der Waals surface area contributed by atoms with Crippen molar-refractivity contribution in [2.24, 2.45) is 4.99 Å². The quantitative estimate of drug-likeness (QED) is 0.607. The first-order chi connectivity index (χ1) is 12.2. The van der Waals surface area contributed by atoms with Gasteiger partial charge in [-0.25, -0.2) is 4.39 Å². The second-order valence-corrected chi connectivity index (χ2v) is 6.96. The molecular formula is C20H22BrFN2OS. The lowest BCUT2D eigenvalue weighted by atomic mass is 10.1. The van der Waals surface area contributed by atoms with Crippen molar-refractivity contribution in [2.75, 3.05) is 23.7 Å². The lowest BCUT2D eigenvalue weighted by molar-refractivity contribution is 0.100. The van der Waals surface area contributed by atoms with Gasteiger partial charge in [-0.1, -0.05) is 30.8 Å². The monoisotopic (exact) mass is 436 g/mol. The number of benzene rings is 2. The molecule has 138 valence electrons. The summed E-state index contributed by atoms with van der Waals surface area (Å²) in [6.07, 6.45) is 2.03. The first kappa shape index (κ1) is 20.6. The van der Waals surface area contributed by atoms with E-state index in [0.717, 1.165) is 36.0 Å². The number of ketones is 1. The Hall–Kier alpha value is -1.66. The number of halogens is 2. The lowest BCUT2D eigenvalue weighted by Crippen LogP contribution is -2.35. The van der Waals surface area contributed by atoms with Crippen molar-refractivity contribution < 1.29 is 9.18 Å². The van der Waals surface area contributed by atoms with Crippen LogP contribution in [0.3, 0.4) is 0 Å². The first-order valence-electron chi connectivity index (χ1n) is 8.50. The summed E-state index contributed by atoms with van der Waals surface area (Å²) >= 11 is 1.68. The van der Waals surface area contributed by atoms with Crippen LogP contribution in [-0.2, 0) is 6.42 Å². The van der Waals surface area contributed by atoms with Gasteiger partial charge in [0.1, 0.15) is 5.82 Å². The molecule has 1 aliphatic rings. The zero-order valence-electron chi connectivity index (χ0n) is 14.7. The number of rotatable bonds is 5. The van der Waals surface area contributed by atoms with Gasteiger partial charge in [-0.3, -0.25) is 9.79 Å². The van der Waals surface area contributed by atoms with Crippen molar-refractivity contribution in [3.05, 3.63) is 65.5 Å². The fourth-order valence-corrected chi connectivity index (χ4v) is 3.63. The van der Waals surface area contributed by atoms with E-state index in [2.05, 4.69) is 24.0 Å². The Morgan fingerprint density at radius 2 is 1.85 bits per heavy atom. The highest BCUT2D eigenvalue weighted by atomic mass is 79.9. The number of Topliss-reactive ketones (excluding diaryl/α,β-unsaturated/α-hetero) is 1. The molecular weight excluding hydrogens is 415 g/mol. The molecule has 26 heavy (non-hydrogen) atoms. The number of thioether (sulfide) groups is 1. The molecule has 0 N–H and O–H groups in total. The van der Waals surface area contributed by atoms with Crippen LogP contribution in [0.2, 0.25) is 0 Å². The predicted octanol–water partition coefficient (Wildman–Crippen LogP) is 5.15. The van der Waals surface area contributed by atoms with Gasteiger partial charge in [0.2, 0.25) is 0 Å². The Morgan fingerprint density at radius 3 is 2.42 bits per heavy atom. The highest BCUT2D eigenvalue weighted by molar-refractivity contribution is 8.93. The van der Waals surface area contributed by atoms with Gasteiger partial charge in [0.25, 0.3) is 0 Å². The summed E-state index contributed by atoms with van der Waals surface area (Å²) in [6.45, 7) is 3.10. The highest BCUT2D eigenvalue weighted by Gasteiger charge is 2.20. The molecule has 0 aromatic heterocycles. The van der Waals surface area contributed by atoms with E-state index >= 15 is 0 Å². The van der Waals surface area contributed by atoms with Gasteiger partial charge in [0, 0.05) is 23.5 Å². The van der Waals surface area contributed by atoms with Crippen LogP contribution in [0.4, 0.5) is 10.1 Å². The third-order valence-corrected chi connectivity index (χ3v) is 5.24. The van der Waals surface area contributed by atoms with Crippen LogP contribution in [0, 0.1) is 5.82 Å². The number of amidine groups is 1. The van der Waals surface area contributed by atoms with E-state index in [0.29, 0.717) is 5.56 Å². The summed E-state index contributed by atoms with van der Waals surface area (Å²) in [6, 6.07) is 13.9. The maximum Gasteiger partial charge on any atom is 0.182 e. The van der Waals surface area contributed by atoms with Gasteiger partial charge in [0.05, 0.1) is 6.54 Å².